The molecule has 0 aliphatic carbocycles. The Labute approximate surface area is 139 Å². The summed E-state index contributed by atoms with van der Waals surface area (Å²) in [5.74, 6) is -0.496. The van der Waals surface area contributed by atoms with Gasteiger partial charge in [0.1, 0.15) is 0 Å². The van der Waals surface area contributed by atoms with Gasteiger partial charge in [-0.05, 0) is 23.6 Å². The topological polar surface area (TPSA) is 77.2 Å². The van der Waals surface area contributed by atoms with E-state index in [2.05, 4.69) is 24.9 Å². The fraction of sp³-hybridized carbons (Fsp3) is 0.353. The first-order valence-corrected chi connectivity index (χ1v) is 8.28. The molecule has 0 radical (unpaired) electrons. The summed E-state index contributed by atoms with van der Waals surface area (Å²) in [7, 11) is 0. The standard InChI is InChI=1S/C17H19N3O2S/c1-12(2)15-11-23-17(19-15)20(7-6-16(21)22)10-14-5-3-4-13(8-14)9-18/h3-5,8,11-12H,6-7,10H2,1-2H3,(H,21,22). The van der Waals surface area contributed by atoms with E-state index in [1.807, 2.05) is 28.5 Å². The molecule has 0 fully saturated rings. The van der Waals surface area contributed by atoms with Crippen molar-refractivity contribution in [3.8, 4) is 6.07 Å². The molecule has 1 aromatic carbocycles. The Bertz CT molecular complexity index is 719. The van der Waals surface area contributed by atoms with Crippen LogP contribution in [0.2, 0.25) is 0 Å². The highest BCUT2D eigenvalue weighted by Crippen LogP contribution is 2.26. The molecule has 0 aliphatic rings. The molecule has 0 spiro atoms. The van der Waals surface area contributed by atoms with Crippen molar-refractivity contribution in [2.24, 2.45) is 0 Å². The number of hydrogen-bond acceptors (Lipinski definition) is 5. The van der Waals surface area contributed by atoms with Gasteiger partial charge < -0.3 is 10.0 Å². The molecule has 0 bridgehead atoms. The van der Waals surface area contributed by atoms with Crippen molar-refractivity contribution in [1.82, 2.24) is 4.98 Å². The maximum Gasteiger partial charge on any atom is 0.305 e. The van der Waals surface area contributed by atoms with Crippen molar-refractivity contribution < 1.29 is 9.90 Å². The SMILES string of the molecule is CC(C)c1csc(N(CCC(=O)O)Cc2cccc(C#N)c2)n1. The summed E-state index contributed by atoms with van der Waals surface area (Å²) in [6.07, 6.45) is 0.0501. The summed E-state index contributed by atoms with van der Waals surface area (Å²) in [5, 5.41) is 20.8. The van der Waals surface area contributed by atoms with Crippen molar-refractivity contribution >= 4 is 22.4 Å². The number of nitriles is 1. The Morgan fingerprint density at radius 3 is 2.87 bits per heavy atom. The molecule has 0 saturated heterocycles. The minimum Gasteiger partial charge on any atom is -0.481 e. The van der Waals surface area contributed by atoms with E-state index in [-0.39, 0.29) is 6.42 Å². The van der Waals surface area contributed by atoms with Crippen LogP contribution < -0.4 is 4.90 Å². The molecule has 23 heavy (non-hydrogen) atoms. The number of aromatic nitrogens is 1. The number of thiazole rings is 1. The molecule has 1 heterocycles. The third-order valence-electron chi connectivity index (χ3n) is 3.40. The summed E-state index contributed by atoms with van der Waals surface area (Å²) < 4.78 is 0. The van der Waals surface area contributed by atoms with Crippen LogP contribution in [0.1, 0.15) is 43.0 Å². The molecule has 2 rings (SSSR count). The van der Waals surface area contributed by atoms with Gasteiger partial charge in [-0.3, -0.25) is 4.79 Å². The van der Waals surface area contributed by atoms with Crippen LogP contribution >= 0.6 is 11.3 Å². The van der Waals surface area contributed by atoms with E-state index in [1.165, 1.54) is 11.3 Å². The Morgan fingerprint density at radius 1 is 1.48 bits per heavy atom. The quantitative estimate of drug-likeness (QED) is 0.839. The fourth-order valence-corrected chi connectivity index (χ4v) is 3.13. The molecule has 0 aliphatic heterocycles. The van der Waals surface area contributed by atoms with Gasteiger partial charge in [-0.25, -0.2) is 4.98 Å². The summed E-state index contributed by atoms with van der Waals surface area (Å²) in [6.45, 7) is 5.08. The highest BCUT2D eigenvalue weighted by molar-refractivity contribution is 7.13. The second-order valence-corrected chi connectivity index (χ2v) is 6.42. The number of carbonyl (C=O) groups is 1. The van der Waals surface area contributed by atoms with Gasteiger partial charge in [-0.1, -0.05) is 26.0 Å². The molecule has 5 nitrogen and oxygen atoms in total. The van der Waals surface area contributed by atoms with Crippen LogP contribution in [0.4, 0.5) is 5.13 Å². The van der Waals surface area contributed by atoms with E-state index in [0.29, 0.717) is 24.6 Å². The highest BCUT2D eigenvalue weighted by atomic mass is 32.1. The summed E-state index contributed by atoms with van der Waals surface area (Å²) in [6, 6.07) is 9.48. The van der Waals surface area contributed by atoms with Crippen LogP contribution in [-0.2, 0) is 11.3 Å². The van der Waals surface area contributed by atoms with Gasteiger partial charge in [0.2, 0.25) is 0 Å². The van der Waals surface area contributed by atoms with Crippen molar-refractivity contribution in [3.05, 3.63) is 46.5 Å². The number of anilines is 1. The number of aliphatic carboxylic acids is 1. The Balaban J connectivity index is 2.22. The highest BCUT2D eigenvalue weighted by Gasteiger charge is 2.15. The molecular weight excluding hydrogens is 310 g/mol. The molecule has 0 atom stereocenters. The average Bonchev–Trinajstić information content (AvgIpc) is 3.01. The Kier molecular flexibility index (Phi) is 5.72. The zero-order chi connectivity index (χ0) is 16.8. The molecule has 2 aromatic rings. The number of rotatable bonds is 7. The third-order valence-corrected chi connectivity index (χ3v) is 4.32. The van der Waals surface area contributed by atoms with Crippen LogP contribution in [0.15, 0.2) is 29.6 Å². The van der Waals surface area contributed by atoms with E-state index in [4.69, 9.17) is 10.4 Å². The Hall–Kier alpha value is -2.39. The predicted octanol–water partition coefficient (Wildman–Crippen LogP) is 3.62. The first-order chi connectivity index (χ1) is 11.0. The number of carboxylic acid groups (broad SMARTS) is 1. The fourth-order valence-electron chi connectivity index (χ4n) is 2.12. The zero-order valence-electron chi connectivity index (χ0n) is 13.2. The van der Waals surface area contributed by atoms with Gasteiger partial charge in [0, 0.05) is 18.5 Å². The minimum atomic E-state index is -0.832. The van der Waals surface area contributed by atoms with Gasteiger partial charge in [-0.15, -0.1) is 11.3 Å². The van der Waals surface area contributed by atoms with E-state index in [0.717, 1.165) is 16.4 Å². The van der Waals surface area contributed by atoms with Crippen LogP contribution in [0.25, 0.3) is 0 Å². The summed E-state index contributed by atoms with van der Waals surface area (Å²) >= 11 is 1.52. The average molecular weight is 329 g/mol. The Morgan fingerprint density at radius 2 is 2.26 bits per heavy atom. The number of carboxylic acids is 1. The summed E-state index contributed by atoms with van der Waals surface area (Å²) in [5.41, 5.74) is 2.58. The molecule has 1 N–H and O–H groups in total. The summed E-state index contributed by atoms with van der Waals surface area (Å²) in [4.78, 5) is 17.5. The molecule has 1 aromatic heterocycles. The van der Waals surface area contributed by atoms with Gasteiger partial charge in [0.05, 0.1) is 23.7 Å². The lowest BCUT2D eigenvalue weighted by Crippen LogP contribution is -2.25. The maximum atomic E-state index is 10.9. The van der Waals surface area contributed by atoms with E-state index < -0.39 is 5.97 Å². The molecule has 0 unspecified atom stereocenters. The lowest BCUT2D eigenvalue weighted by atomic mass is 10.1. The van der Waals surface area contributed by atoms with Crippen molar-refractivity contribution in [3.63, 3.8) is 0 Å². The largest absolute Gasteiger partial charge is 0.481 e. The minimum absolute atomic E-state index is 0.0501. The van der Waals surface area contributed by atoms with Gasteiger partial charge in [0.15, 0.2) is 5.13 Å². The molecule has 120 valence electrons. The number of hydrogen-bond donors (Lipinski definition) is 1. The molecule has 0 amide bonds. The monoisotopic (exact) mass is 329 g/mol. The smallest absolute Gasteiger partial charge is 0.305 e. The predicted molar refractivity (Wildman–Crippen MR) is 90.7 cm³/mol. The van der Waals surface area contributed by atoms with Crippen LogP contribution in [-0.4, -0.2) is 22.6 Å². The number of benzene rings is 1. The number of nitrogens with zero attached hydrogens (tertiary/aromatic N) is 3. The second-order valence-electron chi connectivity index (χ2n) is 5.59. The molecule has 0 saturated carbocycles. The third kappa shape index (κ3) is 4.80. The van der Waals surface area contributed by atoms with E-state index in [9.17, 15) is 4.79 Å². The lowest BCUT2D eigenvalue weighted by Gasteiger charge is -2.21. The maximum absolute atomic E-state index is 10.9. The van der Waals surface area contributed by atoms with Crippen molar-refractivity contribution in [2.75, 3.05) is 11.4 Å². The van der Waals surface area contributed by atoms with Crippen LogP contribution in [0.5, 0.6) is 0 Å². The van der Waals surface area contributed by atoms with E-state index >= 15 is 0 Å². The van der Waals surface area contributed by atoms with Gasteiger partial charge in [0.25, 0.3) is 0 Å². The lowest BCUT2D eigenvalue weighted by molar-refractivity contribution is -0.136. The van der Waals surface area contributed by atoms with Crippen molar-refractivity contribution in [2.45, 2.75) is 32.7 Å². The molecular formula is C17H19N3O2S. The second kappa shape index (κ2) is 7.75. The van der Waals surface area contributed by atoms with Gasteiger partial charge in [-0.2, -0.15) is 5.26 Å². The van der Waals surface area contributed by atoms with Crippen LogP contribution in [0, 0.1) is 11.3 Å². The van der Waals surface area contributed by atoms with Crippen molar-refractivity contribution in [1.29, 1.82) is 5.26 Å². The zero-order valence-corrected chi connectivity index (χ0v) is 14.0. The normalized spacial score (nSPS) is 10.5. The van der Waals surface area contributed by atoms with Gasteiger partial charge >= 0.3 is 5.97 Å². The first kappa shape index (κ1) is 17.0. The van der Waals surface area contributed by atoms with Crippen LogP contribution in [0.3, 0.4) is 0 Å². The molecule has 6 heteroatoms. The van der Waals surface area contributed by atoms with E-state index in [1.54, 1.807) is 6.07 Å². The first-order valence-electron chi connectivity index (χ1n) is 7.40.